The number of carbonyl (C=O) groups is 1. The molecule has 0 fully saturated rings. The van der Waals surface area contributed by atoms with Gasteiger partial charge in [0, 0.05) is 11.8 Å². The third-order valence-electron chi connectivity index (χ3n) is 3.86. The van der Waals surface area contributed by atoms with Crippen molar-refractivity contribution in [2.24, 2.45) is 4.99 Å². The molecule has 0 saturated carbocycles. The summed E-state index contributed by atoms with van der Waals surface area (Å²) in [7, 11) is -3.61. The lowest BCUT2D eigenvalue weighted by molar-refractivity contribution is -0.122. The zero-order chi connectivity index (χ0) is 18.0. The largest absolute Gasteiger partial charge is 0.346 e. The number of nitrogens with one attached hydrogen (secondary N) is 2. The number of rotatable bonds is 4. The Morgan fingerprint density at radius 3 is 2.60 bits per heavy atom. The zero-order valence-electron chi connectivity index (χ0n) is 13.8. The van der Waals surface area contributed by atoms with E-state index in [0.29, 0.717) is 5.56 Å². The van der Waals surface area contributed by atoms with Crippen molar-refractivity contribution in [3.63, 3.8) is 0 Å². The first-order chi connectivity index (χ1) is 11.9. The van der Waals surface area contributed by atoms with Gasteiger partial charge in [0.2, 0.25) is 5.91 Å². The lowest BCUT2D eigenvalue weighted by Crippen LogP contribution is -2.35. The molecule has 0 spiro atoms. The molecule has 2 atom stereocenters. The number of aliphatic imine (C=N–C) groups is 1. The highest BCUT2D eigenvalue weighted by atomic mass is 32.2. The normalized spacial score (nSPS) is 18.9. The van der Waals surface area contributed by atoms with Gasteiger partial charge in [-0.2, -0.15) is 0 Å². The molecule has 1 aliphatic rings. The van der Waals surface area contributed by atoms with E-state index in [1.54, 1.807) is 37.4 Å². The summed E-state index contributed by atoms with van der Waals surface area (Å²) in [5.74, 6) is -0.127. The number of hydrogen-bond donors (Lipinski definition) is 2. The van der Waals surface area contributed by atoms with Crippen molar-refractivity contribution in [2.75, 3.05) is 0 Å². The van der Waals surface area contributed by atoms with Gasteiger partial charge in [0.1, 0.15) is 11.9 Å². The molecular formula is C17H18N4O3S. The average Bonchev–Trinajstić information content (AvgIpc) is 2.86. The third-order valence-corrected chi connectivity index (χ3v) is 5.25. The molecule has 0 bridgehead atoms. The molecule has 2 N–H and O–H groups in total. The van der Waals surface area contributed by atoms with Crippen LogP contribution >= 0.6 is 0 Å². The minimum Gasteiger partial charge on any atom is -0.346 e. The number of sulfonamides is 1. The van der Waals surface area contributed by atoms with Crippen molar-refractivity contribution in [1.82, 2.24) is 15.0 Å². The van der Waals surface area contributed by atoms with Crippen molar-refractivity contribution in [2.45, 2.75) is 30.8 Å². The topological polar surface area (TPSA) is 101 Å². The molecule has 1 aromatic carbocycles. The van der Waals surface area contributed by atoms with Gasteiger partial charge >= 0.3 is 0 Å². The molecule has 7 nitrogen and oxygen atoms in total. The summed E-state index contributed by atoms with van der Waals surface area (Å²) in [5.41, 5.74) is 1.21. The summed E-state index contributed by atoms with van der Waals surface area (Å²) >= 11 is 0. The van der Waals surface area contributed by atoms with E-state index in [2.05, 4.69) is 20.0 Å². The fraction of sp³-hybridized carbons (Fsp3) is 0.235. The maximum Gasteiger partial charge on any atom is 0.263 e. The molecule has 3 rings (SSSR count). The minimum absolute atomic E-state index is 0.170. The molecule has 2 unspecified atom stereocenters. The molecule has 1 amide bonds. The van der Waals surface area contributed by atoms with Crippen LogP contribution in [0.2, 0.25) is 0 Å². The Balaban J connectivity index is 1.77. The second kappa shape index (κ2) is 6.64. The summed E-state index contributed by atoms with van der Waals surface area (Å²) in [6.45, 7) is 3.44. The predicted octanol–water partition coefficient (Wildman–Crippen LogP) is 1.39. The molecule has 2 heterocycles. The standard InChI is InChI=1S/C17H18N4O3S/c1-11(14-8-5-6-10-18-14)20-17(22)12(2)19-16-13-7-3-4-9-15(13)25(23,24)21-16/h3-12H,1-2H3,(H,19,21)(H,20,22). The number of aromatic nitrogens is 1. The molecule has 1 aromatic heterocycles. The van der Waals surface area contributed by atoms with Crippen LogP contribution in [0.15, 0.2) is 58.5 Å². The second-order valence-corrected chi connectivity index (χ2v) is 7.39. The van der Waals surface area contributed by atoms with Gasteiger partial charge in [0.05, 0.1) is 16.6 Å². The molecule has 1 aliphatic heterocycles. The van der Waals surface area contributed by atoms with Crippen molar-refractivity contribution >= 4 is 21.8 Å². The van der Waals surface area contributed by atoms with E-state index >= 15 is 0 Å². The van der Waals surface area contributed by atoms with Crippen LogP contribution in [0.3, 0.4) is 0 Å². The van der Waals surface area contributed by atoms with Crippen LogP contribution in [0.4, 0.5) is 0 Å². The molecule has 130 valence electrons. The molecule has 0 radical (unpaired) electrons. The Morgan fingerprint density at radius 2 is 1.88 bits per heavy atom. The Labute approximate surface area is 146 Å². The van der Waals surface area contributed by atoms with E-state index in [4.69, 9.17) is 0 Å². The summed E-state index contributed by atoms with van der Waals surface area (Å²) < 4.78 is 26.5. The Kier molecular flexibility index (Phi) is 4.54. The van der Waals surface area contributed by atoms with Gasteiger partial charge in [-0.15, -0.1) is 0 Å². The number of benzene rings is 1. The van der Waals surface area contributed by atoms with Crippen LogP contribution in [0.25, 0.3) is 0 Å². The van der Waals surface area contributed by atoms with Crippen molar-refractivity contribution < 1.29 is 13.2 Å². The van der Waals surface area contributed by atoms with Crippen molar-refractivity contribution in [1.29, 1.82) is 0 Å². The number of fused-ring (bicyclic) bond motifs is 1. The first-order valence-electron chi connectivity index (χ1n) is 7.80. The summed E-state index contributed by atoms with van der Waals surface area (Å²) in [4.78, 5) is 21.0. The van der Waals surface area contributed by atoms with Crippen LogP contribution in [0, 0.1) is 0 Å². The first-order valence-corrected chi connectivity index (χ1v) is 9.28. The van der Waals surface area contributed by atoms with Gasteiger partial charge in [-0.25, -0.2) is 8.42 Å². The predicted molar refractivity (Wildman–Crippen MR) is 93.6 cm³/mol. The number of carbonyl (C=O) groups excluding carboxylic acids is 1. The van der Waals surface area contributed by atoms with Gasteiger partial charge in [0.25, 0.3) is 10.0 Å². The van der Waals surface area contributed by atoms with Gasteiger partial charge < -0.3 is 5.32 Å². The molecule has 2 aromatic rings. The van der Waals surface area contributed by atoms with E-state index in [1.165, 1.54) is 6.07 Å². The number of amidine groups is 1. The lowest BCUT2D eigenvalue weighted by Gasteiger charge is -2.15. The van der Waals surface area contributed by atoms with Gasteiger partial charge in [0.15, 0.2) is 0 Å². The molecule has 25 heavy (non-hydrogen) atoms. The first kappa shape index (κ1) is 17.1. The van der Waals surface area contributed by atoms with E-state index < -0.39 is 16.1 Å². The van der Waals surface area contributed by atoms with E-state index in [1.807, 2.05) is 19.1 Å². The van der Waals surface area contributed by atoms with Gasteiger partial charge in [-0.3, -0.25) is 19.5 Å². The summed E-state index contributed by atoms with van der Waals surface area (Å²) in [5, 5.41) is 2.83. The summed E-state index contributed by atoms with van der Waals surface area (Å²) in [6.07, 6.45) is 1.66. The highest BCUT2D eigenvalue weighted by molar-refractivity contribution is 7.90. The monoisotopic (exact) mass is 358 g/mol. The van der Waals surface area contributed by atoms with Crippen LogP contribution < -0.4 is 10.0 Å². The molecule has 8 heteroatoms. The molecule has 0 aliphatic carbocycles. The Morgan fingerprint density at radius 1 is 1.16 bits per heavy atom. The van der Waals surface area contributed by atoms with E-state index in [-0.39, 0.29) is 22.7 Å². The number of amides is 1. The number of hydrogen-bond acceptors (Lipinski definition) is 5. The van der Waals surface area contributed by atoms with Gasteiger partial charge in [-0.1, -0.05) is 18.2 Å². The van der Waals surface area contributed by atoms with E-state index in [0.717, 1.165) is 5.69 Å². The smallest absolute Gasteiger partial charge is 0.263 e. The van der Waals surface area contributed by atoms with Crippen molar-refractivity contribution in [3.05, 3.63) is 59.9 Å². The second-order valence-electron chi connectivity index (χ2n) is 5.74. The quantitative estimate of drug-likeness (QED) is 0.862. The average molecular weight is 358 g/mol. The lowest BCUT2D eigenvalue weighted by atomic mass is 10.2. The maximum absolute atomic E-state index is 12.4. The SMILES string of the molecule is CC(N=C1NS(=O)(=O)c2ccccc21)C(=O)NC(C)c1ccccn1. The Bertz CT molecular complexity index is 926. The van der Waals surface area contributed by atoms with Crippen LogP contribution in [-0.4, -0.2) is 31.2 Å². The molecular weight excluding hydrogens is 340 g/mol. The van der Waals surface area contributed by atoms with Crippen LogP contribution in [-0.2, 0) is 14.8 Å². The van der Waals surface area contributed by atoms with Gasteiger partial charge in [-0.05, 0) is 38.1 Å². The number of nitrogens with zero attached hydrogens (tertiary/aromatic N) is 2. The fourth-order valence-electron chi connectivity index (χ4n) is 2.52. The minimum atomic E-state index is -3.61. The number of pyridine rings is 1. The highest BCUT2D eigenvalue weighted by Crippen LogP contribution is 2.22. The summed E-state index contributed by atoms with van der Waals surface area (Å²) in [6, 6.07) is 11.0. The molecule has 0 saturated heterocycles. The van der Waals surface area contributed by atoms with Crippen molar-refractivity contribution in [3.8, 4) is 0 Å². The van der Waals surface area contributed by atoms with Crippen LogP contribution in [0.5, 0.6) is 0 Å². The third kappa shape index (κ3) is 3.53. The van der Waals surface area contributed by atoms with E-state index in [9.17, 15) is 13.2 Å². The zero-order valence-corrected chi connectivity index (χ0v) is 14.6. The Hall–Kier alpha value is -2.74. The maximum atomic E-state index is 12.4. The highest BCUT2D eigenvalue weighted by Gasteiger charge is 2.31. The van der Waals surface area contributed by atoms with Crippen LogP contribution in [0.1, 0.15) is 31.1 Å². The fourth-order valence-corrected chi connectivity index (χ4v) is 3.76.